The Kier molecular flexibility index (Phi) is 3.61. The second-order valence-electron chi connectivity index (χ2n) is 5.73. The molecule has 4 rings (SSSR count). The lowest BCUT2D eigenvalue weighted by molar-refractivity contribution is -0.749. The summed E-state index contributed by atoms with van der Waals surface area (Å²) in [6.45, 7) is 0.701. The normalized spacial score (nSPS) is 13.4. The molecule has 1 aliphatic rings. The van der Waals surface area contributed by atoms with E-state index in [1.54, 1.807) is 36.2 Å². The summed E-state index contributed by atoms with van der Waals surface area (Å²) in [7, 11) is 3.48. The van der Waals surface area contributed by atoms with Crippen molar-refractivity contribution in [3.05, 3.63) is 59.7 Å². The van der Waals surface area contributed by atoms with E-state index in [1.165, 1.54) is 0 Å². The van der Waals surface area contributed by atoms with Crippen molar-refractivity contribution in [1.29, 1.82) is 0 Å². The summed E-state index contributed by atoms with van der Waals surface area (Å²) in [5.41, 5.74) is 3.21. The van der Waals surface area contributed by atoms with Crippen molar-refractivity contribution in [2.75, 3.05) is 19.2 Å². The molecule has 7 nitrogen and oxygen atoms in total. The summed E-state index contributed by atoms with van der Waals surface area (Å²) in [6.07, 6.45) is 0. The Morgan fingerprint density at radius 2 is 2.00 bits per heavy atom. The highest BCUT2D eigenvalue weighted by Crippen LogP contribution is 2.32. The average Bonchev–Trinajstić information content (AvgIpc) is 3.06. The molecule has 0 radical (unpaired) electrons. The number of aromatic nitrogens is 2. The Bertz CT molecular complexity index is 947. The van der Waals surface area contributed by atoms with Gasteiger partial charge in [-0.1, -0.05) is 30.3 Å². The number of hydrogen-bond donors (Lipinski definition) is 0. The quantitative estimate of drug-likeness (QED) is 0.407. The first-order valence-corrected chi connectivity index (χ1v) is 7.79. The SMILES string of the molecule is COc1ccc(/C([O-])=N/c2on[n+]3c2-c2ccccc2CN3C)cc1. The molecule has 0 fully saturated rings. The van der Waals surface area contributed by atoms with Gasteiger partial charge in [-0.3, -0.25) is 4.52 Å². The van der Waals surface area contributed by atoms with Gasteiger partial charge < -0.3 is 9.84 Å². The van der Waals surface area contributed by atoms with E-state index in [2.05, 4.69) is 10.3 Å². The summed E-state index contributed by atoms with van der Waals surface area (Å²) in [6, 6.07) is 14.7. The van der Waals surface area contributed by atoms with Gasteiger partial charge in [-0.15, -0.1) is 0 Å². The number of rotatable bonds is 3. The van der Waals surface area contributed by atoms with Crippen LogP contribution in [0.4, 0.5) is 5.88 Å². The van der Waals surface area contributed by atoms with Crippen LogP contribution in [-0.4, -0.2) is 25.3 Å². The van der Waals surface area contributed by atoms with Crippen molar-refractivity contribution < 1.29 is 19.2 Å². The van der Waals surface area contributed by atoms with Crippen LogP contribution in [0.15, 0.2) is 58.0 Å². The van der Waals surface area contributed by atoms with E-state index in [4.69, 9.17) is 9.26 Å². The minimum atomic E-state index is -0.395. The maximum absolute atomic E-state index is 12.5. The smallest absolute Gasteiger partial charge is 0.341 e. The molecule has 0 atom stereocenters. The van der Waals surface area contributed by atoms with Crippen LogP contribution in [0.5, 0.6) is 5.75 Å². The third kappa shape index (κ3) is 2.59. The first-order chi connectivity index (χ1) is 12.2. The molecule has 0 unspecified atom stereocenters. The fourth-order valence-corrected chi connectivity index (χ4v) is 2.87. The molecule has 0 saturated carbocycles. The van der Waals surface area contributed by atoms with E-state index in [1.807, 2.05) is 36.3 Å². The third-order valence-corrected chi connectivity index (χ3v) is 4.14. The molecule has 0 N–H and O–H groups in total. The highest BCUT2D eigenvalue weighted by Gasteiger charge is 2.36. The zero-order valence-corrected chi connectivity index (χ0v) is 13.8. The molecule has 0 saturated heterocycles. The largest absolute Gasteiger partial charge is 0.858 e. The van der Waals surface area contributed by atoms with Crippen LogP contribution in [0.2, 0.25) is 0 Å². The van der Waals surface area contributed by atoms with Gasteiger partial charge in [-0.05, 0) is 35.2 Å². The minimum Gasteiger partial charge on any atom is -0.858 e. The zero-order valence-electron chi connectivity index (χ0n) is 13.8. The number of benzene rings is 2. The maximum Gasteiger partial charge on any atom is 0.341 e. The molecule has 1 aromatic heterocycles. The average molecular weight is 336 g/mol. The summed E-state index contributed by atoms with van der Waals surface area (Å²) >= 11 is 0. The molecule has 1 aliphatic heterocycles. The fraction of sp³-hybridized carbons (Fsp3) is 0.167. The summed E-state index contributed by atoms with van der Waals surface area (Å²) in [4.78, 5) is 5.76. The number of hydrogen-bond acceptors (Lipinski definition) is 6. The standard InChI is InChI=1S/C18H16N4O3/c1-21-11-13-5-3-4-6-15(13)16-18(25-20-22(16)21)19-17(23)12-7-9-14(24-2)10-8-12/h3-10H,11H2,1-2H3. The molecule has 25 heavy (non-hydrogen) atoms. The van der Waals surface area contributed by atoms with E-state index >= 15 is 0 Å². The predicted octanol–water partition coefficient (Wildman–Crippen LogP) is 1.16. The molecule has 2 aromatic carbocycles. The summed E-state index contributed by atoms with van der Waals surface area (Å²) in [5, 5.41) is 18.4. The highest BCUT2D eigenvalue weighted by molar-refractivity contribution is 5.93. The van der Waals surface area contributed by atoms with Gasteiger partial charge in [0.1, 0.15) is 12.3 Å². The fourth-order valence-electron chi connectivity index (χ4n) is 2.87. The summed E-state index contributed by atoms with van der Waals surface area (Å²) < 4.78 is 10.4. The van der Waals surface area contributed by atoms with Gasteiger partial charge in [0.2, 0.25) is 5.27 Å². The van der Waals surface area contributed by atoms with Crippen LogP contribution in [0, 0.1) is 0 Å². The molecular formula is C18H16N4O3. The van der Waals surface area contributed by atoms with Gasteiger partial charge in [-0.2, -0.15) is 5.01 Å². The van der Waals surface area contributed by atoms with Crippen LogP contribution in [0.25, 0.3) is 11.3 Å². The molecular weight excluding hydrogens is 320 g/mol. The number of aliphatic imine (C=N–C) groups is 1. The second-order valence-corrected chi connectivity index (χ2v) is 5.73. The molecule has 2 heterocycles. The van der Waals surface area contributed by atoms with E-state index in [-0.39, 0.29) is 5.88 Å². The first-order valence-electron chi connectivity index (χ1n) is 7.79. The molecule has 3 aromatic rings. The molecule has 0 bridgehead atoms. The zero-order chi connectivity index (χ0) is 17.4. The van der Waals surface area contributed by atoms with Gasteiger partial charge in [0.05, 0.1) is 24.5 Å². The predicted molar refractivity (Wildman–Crippen MR) is 89.2 cm³/mol. The van der Waals surface area contributed by atoms with Gasteiger partial charge in [0.25, 0.3) is 0 Å². The van der Waals surface area contributed by atoms with Crippen LogP contribution in [0.1, 0.15) is 11.1 Å². The molecule has 0 spiro atoms. The monoisotopic (exact) mass is 336 g/mol. The number of ether oxygens (including phenoxy) is 1. The molecule has 0 amide bonds. The molecule has 7 heteroatoms. The van der Waals surface area contributed by atoms with Crippen LogP contribution in [-0.2, 0) is 6.54 Å². The maximum atomic E-state index is 12.5. The van der Waals surface area contributed by atoms with Crippen molar-refractivity contribution in [3.63, 3.8) is 0 Å². The Morgan fingerprint density at radius 1 is 1.24 bits per heavy atom. The van der Waals surface area contributed by atoms with Crippen LogP contribution < -0.4 is 19.6 Å². The van der Waals surface area contributed by atoms with Gasteiger partial charge >= 0.3 is 11.6 Å². The second kappa shape index (κ2) is 5.94. The van der Waals surface area contributed by atoms with Crippen LogP contribution >= 0.6 is 0 Å². The van der Waals surface area contributed by atoms with Crippen molar-refractivity contribution >= 4 is 11.8 Å². The van der Waals surface area contributed by atoms with Crippen molar-refractivity contribution in [2.45, 2.75) is 6.54 Å². The van der Waals surface area contributed by atoms with E-state index < -0.39 is 5.90 Å². The molecule has 0 aliphatic carbocycles. The van der Waals surface area contributed by atoms with Crippen molar-refractivity contribution in [1.82, 2.24) is 5.27 Å². The highest BCUT2D eigenvalue weighted by atomic mass is 16.5. The number of nitrogens with zero attached hydrogens (tertiary/aromatic N) is 4. The Labute approximate surface area is 144 Å². The number of methoxy groups -OCH3 is 1. The minimum absolute atomic E-state index is 0.194. The van der Waals surface area contributed by atoms with Gasteiger partial charge in [0, 0.05) is 0 Å². The first kappa shape index (κ1) is 15.2. The lowest BCUT2D eigenvalue weighted by Crippen LogP contribution is -2.59. The van der Waals surface area contributed by atoms with E-state index in [0.717, 1.165) is 11.1 Å². The topological polar surface area (TPSA) is 77.8 Å². The molecule has 126 valence electrons. The number of fused-ring (bicyclic) bond motifs is 3. The van der Waals surface area contributed by atoms with Crippen molar-refractivity contribution in [2.24, 2.45) is 4.99 Å². The Morgan fingerprint density at radius 3 is 2.76 bits per heavy atom. The lowest BCUT2D eigenvalue weighted by Gasteiger charge is -2.16. The Balaban J connectivity index is 1.78. The van der Waals surface area contributed by atoms with E-state index in [0.29, 0.717) is 23.6 Å². The van der Waals surface area contributed by atoms with E-state index in [9.17, 15) is 5.11 Å². The van der Waals surface area contributed by atoms with Crippen LogP contribution in [0.3, 0.4) is 0 Å². The van der Waals surface area contributed by atoms with Gasteiger partial charge in [0.15, 0.2) is 0 Å². The third-order valence-electron chi connectivity index (χ3n) is 4.14. The Hall–Kier alpha value is -3.35. The lowest BCUT2D eigenvalue weighted by atomic mass is 10.0. The summed E-state index contributed by atoms with van der Waals surface area (Å²) in [5.74, 6) is 0.479. The van der Waals surface area contributed by atoms with Crippen molar-refractivity contribution in [3.8, 4) is 17.0 Å². The van der Waals surface area contributed by atoms with Gasteiger partial charge in [-0.25, -0.2) is 4.99 Å².